The van der Waals surface area contributed by atoms with Gasteiger partial charge in [-0.25, -0.2) is 18.7 Å². The van der Waals surface area contributed by atoms with Gasteiger partial charge in [0.2, 0.25) is 5.91 Å². The molecule has 0 radical (unpaired) electrons. The van der Waals surface area contributed by atoms with Crippen LogP contribution in [0.3, 0.4) is 0 Å². The minimum absolute atomic E-state index is 0.0573. The number of carbonyl (C=O) groups is 2. The van der Waals surface area contributed by atoms with Crippen molar-refractivity contribution in [1.29, 1.82) is 0 Å². The first-order valence-corrected chi connectivity index (χ1v) is 9.27. The summed E-state index contributed by atoms with van der Waals surface area (Å²) in [5, 5.41) is 20.8. The first-order chi connectivity index (χ1) is 15.0. The number of nitrogens with zero attached hydrogens (tertiary/aromatic N) is 4. The quantitative estimate of drug-likeness (QED) is 0.435. The van der Waals surface area contributed by atoms with Gasteiger partial charge >= 0.3 is 0 Å². The Balaban J connectivity index is 1.65. The molecule has 3 aromatic rings. The fraction of sp³-hybridized carbons (Fsp3) is 0.211. The fourth-order valence-electron chi connectivity index (χ4n) is 3.09. The highest BCUT2D eigenvalue weighted by molar-refractivity contribution is 6.03. The van der Waals surface area contributed by atoms with Crippen LogP contribution in [0.1, 0.15) is 16.1 Å². The van der Waals surface area contributed by atoms with E-state index in [0.29, 0.717) is 11.4 Å². The molecule has 0 unspecified atom stereocenters. The molecule has 0 bridgehead atoms. The number of benzene rings is 1. The Morgan fingerprint density at radius 3 is 2.74 bits per heavy atom. The van der Waals surface area contributed by atoms with Gasteiger partial charge in [0.1, 0.15) is 29.6 Å². The first-order valence-electron chi connectivity index (χ1n) is 9.27. The molecule has 0 fully saturated rings. The monoisotopic (exact) mass is 429 g/mol. The molecule has 4 N–H and O–H groups in total. The van der Waals surface area contributed by atoms with Crippen LogP contribution in [0.25, 0.3) is 11.4 Å². The van der Waals surface area contributed by atoms with Gasteiger partial charge in [0.15, 0.2) is 5.82 Å². The van der Waals surface area contributed by atoms with E-state index in [0.717, 1.165) is 12.1 Å². The summed E-state index contributed by atoms with van der Waals surface area (Å²) in [5.41, 5.74) is 0.462. The highest BCUT2D eigenvalue weighted by Gasteiger charge is 2.28. The van der Waals surface area contributed by atoms with E-state index in [1.165, 1.54) is 23.1 Å². The molecule has 3 heterocycles. The number of anilines is 2. The van der Waals surface area contributed by atoms with E-state index in [2.05, 4.69) is 31.0 Å². The minimum atomic E-state index is -0.829. The van der Waals surface area contributed by atoms with Gasteiger partial charge in [-0.1, -0.05) is 6.07 Å². The number of nitrogens with one attached hydrogen (secondary N) is 3. The average molecular weight is 429 g/mol. The SMILES string of the molecule is O=C(Cn1cc(Nc2nc(-c3c(F)cccc3F)nc3c2C(=O)NC3)cn1)NCCO. The maximum absolute atomic E-state index is 14.2. The maximum atomic E-state index is 14.2. The van der Waals surface area contributed by atoms with Gasteiger partial charge in [0, 0.05) is 12.7 Å². The molecule has 10 nitrogen and oxygen atoms in total. The summed E-state index contributed by atoms with van der Waals surface area (Å²) in [7, 11) is 0. The van der Waals surface area contributed by atoms with Gasteiger partial charge in [-0.05, 0) is 12.1 Å². The predicted molar refractivity (Wildman–Crippen MR) is 104 cm³/mol. The number of hydrogen-bond donors (Lipinski definition) is 4. The zero-order valence-electron chi connectivity index (χ0n) is 16.0. The maximum Gasteiger partial charge on any atom is 0.257 e. The lowest BCUT2D eigenvalue weighted by atomic mass is 10.1. The Kier molecular flexibility index (Phi) is 5.54. The van der Waals surface area contributed by atoms with Gasteiger partial charge in [0.25, 0.3) is 5.91 Å². The second kappa shape index (κ2) is 8.44. The second-order valence-corrected chi connectivity index (χ2v) is 6.62. The van der Waals surface area contributed by atoms with Gasteiger partial charge in [0.05, 0.1) is 36.3 Å². The lowest BCUT2D eigenvalue weighted by Crippen LogP contribution is -2.30. The van der Waals surface area contributed by atoms with Gasteiger partial charge in [-0.3, -0.25) is 14.3 Å². The number of fused-ring (bicyclic) bond motifs is 1. The molecule has 160 valence electrons. The molecule has 2 aromatic heterocycles. The molecule has 0 saturated carbocycles. The van der Waals surface area contributed by atoms with Crippen LogP contribution in [0.4, 0.5) is 20.3 Å². The van der Waals surface area contributed by atoms with Crippen molar-refractivity contribution in [2.45, 2.75) is 13.1 Å². The average Bonchev–Trinajstić information content (AvgIpc) is 3.32. The summed E-state index contributed by atoms with van der Waals surface area (Å²) in [5.74, 6) is -2.57. The number of rotatable bonds is 7. The summed E-state index contributed by atoms with van der Waals surface area (Å²) in [6, 6.07) is 3.42. The molecule has 0 atom stereocenters. The van der Waals surface area contributed by atoms with Crippen LogP contribution < -0.4 is 16.0 Å². The van der Waals surface area contributed by atoms with Crippen molar-refractivity contribution in [1.82, 2.24) is 30.4 Å². The number of aromatic nitrogens is 4. The number of aliphatic hydroxyl groups excluding tert-OH is 1. The van der Waals surface area contributed by atoms with Gasteiger partial charge in [-0.2, -0.15) is 5.10 Å². The molecule has 0 aliphatic carbocycles. The highest BCUT2D eigenvalue weighted by Crippen LogP contribution is 2.30. The molecular weight excluding hydrogens is 412 g/mol. The van der Waals surface area contributed by atoms with Gasteiger partial charge < -0.3 is 21.1 Å². The zero-order valence-corrected chi connectivity index (χ0v) is 16.0. The molecule has 1 aliphatic heterocycles. The Labute approximate surface area is 174 Å². The standard InChI is InChI=1S/C19H17F2N7O3/c20-11-2-1-3-12(21)15(11)17-26-13-7-23-19(31)16(13)18(27-17)25-10-6-24-28(8-10)9-14(30)22-4-5-29/h1-3,6,8,29H,4-5,7,9H2,(H,22,30)(H,23,31)(H,25,26,27). The van der Waals surface area contributed by atoms with Crippen LogP contribution in [0.2, 0.25) is 0 Å². The molecule has 1 aromatic carbocycles. The predicted octanol–water partition coefficient (Wildman–Crippen LogP) is 0.714. The van der Waals surface area contributed by atoms with Crippen molar-refractivity contribution in [2.75, 3.05) is 18.5 Å². The third-order valence-electron chi connectivity index (χ3n) is 4.45. The van der Waals surface area contributed by atoms with E-state index < -0.39 is 23.1 Å². The third-order valence-corrected chi connectivity index (χ3v) is 4.45. The van der Waals surface area contributed by atoms with E-state index in [4.69, 9.17) is 5.11 Å². The molecule has 12 heteroatoms. The van der Waals surface area contributed by atoms with Crippen molar-refractivity contribution >= 4 is 23.3 Å². The highest BCUT2D eigenvalue weighted by atomic mass is 19.1. The fourth-order valence-corrected chi connectivity index (χ4v) is 3.09. The zero-order chi connectivity index (χ0) is 22.0. The summed E-state index contributed by atoms with van der Waals surface area (Å²) in [6.45, 7) is -0.0410. The Morgan fingerprint density at radius 1 is 1.23 bits per heavy atom. The Bertz CT molecular complexity index is 1150. The van der Waals surface area contributed by atoms with Crippen LogP contribution in [-0.2, 0) is 17.9 Å². The van der Waals surface area contributed by atoms with Crippen molar-refractivity contribution in [3.63, 3.8) is 0 Å². The van der Waals surface area contributed by atoms with Crippen LogP contribution >= 0.6 is 0 Å². The number of hydrogen-bond acceptors (Lipinski definition) is 7. The van der Waals surface area contributed by atoms with E-state index in [1.54, 1.807) is 0 Å². The summed E-state index contributed by atoms with van der Waals surface area (Å²) in [4.78, 5) is 32.3. The number of carbonyl (C=O) groups excluding carboxylic acids is 2. The topological polar surface area (TPSA) is 134 Å². The van der Waals surface area contributed by atoms with Crippen LogP contribution in [0.5, 0.6) is 0 Å². The molecule has 2 amide bonds. The van der Waals surface area contributed by atoms with Crippen molar-refractivity contribution in [3.8, 4) is 11.4 Å². The third kappa shape index (κ3) is 4.19. The summed E-state index contributed by atoms with van der Waals surface area (Å²) >= 11 is 0. The van der Waals surface area contributed by atoms with Crippen molar-refractivity contribution in [2.24, 2.45) is 0 Å². The summed E-state index contributed by atoms with van der Waals surface area (Å²) in [6.07, 6.45) is 2.91. The van der Waals surface area contributed by atoms with E-state index in [-0.39, 0.29) is 49.4 Å². The van der Waals surface area contributed by atoms with Crippen LogP contribution in [-0.4, -0.2) is 49.8 Å². The molecule has 31 heavy (non-hydrogen) atoms. The molecule has 1 aliphatic rings. The van der Waals surface area contributed by atoms with E-state index in [1.807, 2.05) is 0 Å². The number of halogens is 2. The van der Waals surface area contributed by atoms with Crippen molar-refractivity contribution < 1.29 is 23.5 Å². The van der Waals surface area contributed by atoms with Crippen LogP contribution in [0.15, 0.2) is 30.6 Å². The molecule has 0 saturated heterocycles. The number of amides is 2. The normalized spacial score (nSPS) is 12.4. The minimum Gasteiger partial charge on any atom is -0.395 e. The first kappa shape index (κ1) is 20.3. The molecule has 0 spiro atoms. The lowest BCUT2D eigenvalue weighted by Gasteiger charge is -2.10. The smallest absolute Gasteiger partial charge is 0.257 e. The molecular formula is C19H17F2N7O3. The van der Waals surface area contributed by atoms with Crippen LogP contribution in [0, 0.1) is 11.6 Å². The van der Waals surface area contributed by atoms with E-state index in [9.17, 15) is 18.4 Å². The van der Waals surface area contributed by atoms with E-state index >= 15 is 0 Å². The lowest BCUT2D eigenvalue weighted by molar-refractivity contribution is -0.122. The number of aliphatic hydroxyl groups is 1. The Hall–Kier alpha value is -3.93. The second-order valence-electron chi connectivity index (χ2n) is 6.62. The largest absolute Gasteiger partial charge is 0.395 e. The summed E-state index contributed by atoms with van der Waals surface area (Å²) < 4.78 is 29.8. The Morgan fingerprint density at radius 2 is 2.00 bits per heavy atom. The van der Waals surface area contributed by atoms with Gasteiger partial charge in [-0.15, -0.1) is 0 Å². The van der Waals surface area contributed by atoms with Crippen molar-refractivity contribution in [3.05, 3.63) is 53.5 Å². The molecule has 4 rings (SSSR count).